The highest BCUT2D eigenvalue weighted by atomic mass is 19.4. The van der Waals surface area contributed by atoms with Crippen LogP contribution in [0.2, 0.25) is 0 Å². The molecule has 1 aliphatic rings. The Bertz CT molecular complexity index is 996. The Kier molecular flexibility index (Phi) is 5.84. The largest absolute Gasteiger partial charge is 0.417 e. The van der Waals surface area contributed by atoms with Crippen LogP contribution in [0.3, 0.4) is 0 Å². The molecule has 0 bridgehead atoms. The molecule has 29 heavy (non-hydrogen) atoms. The minimum Gasteiger partial charge on any atom is -0.352 e. The lowest BCUT2D eigenvalue weighted by molar-refractivity contribution is -0.137. The lowest BCUT2D eigenvalue weighted by Crippen LogP contribution is -2.32. The fraction of sp³-hybridized carbons (Fsp3) is 0.429. The molecule has 1 aromatic carbocycles. The van der Waals surface area contributed by atoms with Crippen LogP contribution in [0.1, 0.15) is 34.0 Å². The SMILES string of the molecule is CCN(C)CCc1cc2c(c(-c3cn(C)c(=O)cc3C(F)(F)F)c1)CCNC2=O. The highest BCUT2D eigenvalue weighted by Crippen LogP contribution is 2.39. The summed E-state index contributed by atoms with van der Waals surface area (Å²) in [6.45, 7) is 3.95. The molecular formula is C21H24F3N3O2. The van der Waals surface area contributed by atoms with Gasteiger partial charge in [-0.05, 0) is 49.2 Å². The minimum atomic E-state index is -4.68. The number of nitrogens with zero attached hydrogens (tertiary/aromatic N) is 2. The van der Waals surface area contributed by atoms with E-state index in [1.807, 2.05) is 14.0 Å². The second-order valence-corrected chi connectivity index (χ2v) is 7.37. The molecule has 0 spiro atoms. The number of aromatic nitrogens is 1. The van der Waals surface area contributed by atoms with Crippen LogP contribution in [-0.2, 0) is 26.1 Å². The highest BCUT2D eigenvalue weighted by molar-refractivity contribution is 5.99. The average molecular weight is 407 g/mol. The summed E-state index contributed by atoms with van der Waals surface area (Å²) in [5.74, 6) is -0.281. The molecule has 0 saturated heterocycles. The number of rotatable bonds is 5. The van der Waals surface area contributed by atoms with E-state index in [-0.39, 0.29) is 11.5 Å². The summed E-state index contributed by atoms with van der Waals surface area (Å²) in [6.07, 6.45) is -2.42. The van der Waals surface area contributed by atoms with Gasteiger partial charge < -0.3 is 14.8 Å². The zero-order valence-corrected chi connectivity index (χ0v) is 16.7. The molecule has 0 atom stereocenters. The monoisotopic (exact) mass is 407 g/mol. The minimum absolute atomic E-state index is 0.0729. The first-order valence-electron chi connectivity index (χ1n) is 9.52. The topological polar surface area (TPSA) is 54.3 Å². The Labute approximate surface area is 167 Å². The summed E-state index contributed by atoms with van der Waals surface area (Å²) in [4.78, 5) is 26.4. The molecule has 156 valence electrons. The summed E-state index contributed by atoms with van der Waals surface area (Å²) in [7, 11) is 3.38. The van der Waals surface area contributed by atoms with E-state index in [0.717, 1.165) is 23.2 Å². The molecule has 0 radical (unpaired) electrons. The number of halogens is 3. The van der Waals surface area contributed by atoms with Gasteiger partial charge in [-0.2, -0.15) is 13.2 Å². The third-order valence-corrected chi connectivity index (χ3v) is 5.36. The van der Waals surface area contributed by atoms with E-state index in [1.54, 1.807) is 12.1 Å². The van der Waals surface area contributed by atoms with Crippen molar-refractivity contribution in [1.29, 1.82) is 0 Å². The predicted molar refractivity (Wildman–Crippen MR) is 105 cm³/mol. The van der Waals surface area contributed by atoms with Crippen LogP contribution in [-0.4, -0.2) is 42.1 Å². The van der Waals surface area contributed by atoms with Crippen LogP contribution in [0, 0.1) is 0 Å². The first-order valence-corrected chi connectivity index (χ1v) is 9.52. The molecule has 5 nitrogen and oxygen atoms in total. The van der Waals surface area contributed by atoms with Gasteiger partial charge in [0.05, 0.1) is 5.56 Å². The van der Waals surface area contributed by atoms with E-state index in [4.69, 9.17) is 0 Å². The van der Waals surface area contributed by atoms with Crippen molar-refractivity contribution in [3.63, 3.8) is 0 Å². The molecule has 0 unspecified atom stereocenters. The summed E-state index contributed by atoms with van der Waals surface area (Å²) >= 11 is 0. The van der Waals surface area contributed by atoms with Gasteiger partial charge in [-0.3, -0.25) is 9.59 Å². The first-order chi connectivity index (χ1) is 13.6. The lowest BCUT2D eigenvalue weighted by Gasteiger charge is -2.24. The second kappa shape index (κ2) is 8.02. The van der Waals surface area contributed by atoms with E-state index in [1.165, 1.54) is 13.2 Å². The Morgan fingerprint density at radius 2 is 1.83 bits per heavy atom. The maximum atomic E-state index is 13.7. The van der Waals surface area contributed by atoms with Crippen molar-refractivity contribution in [1.82, 2.24) is 14.8 Å². The van der Waals surface area contributed by atoms with E-state index < -0.39 is 17.3 Å². The fourth-order valence-electron chi connectivity index (χ4n) is 3.54. The standard InChI is InChI=1S/C21H24F3N3O2/c1-4-26(2)8-6-13-9-15(14-5-7-25-20(29)16(14)10-13)17-12-27(3)19(28)11-18(17)21(22,23)24/h9-12H,4-8H2,1-3H3,(H,25,29). The van der Waals surface area contributed by atoms with Gasteiger partial charge in [0.1, 0.15) is 0 Å². The molecule has 0 fully saturated rings. The number of pyridine rings is 1. The summed E-state index contributed by atoms with van der Waals surface area (Å²) in [5, 5.41) is 2.76. The van der Waals surface area contributed by atoms with Gasteiger partial charge in [0.25, 0.3) is 11.5 Å². The summed E-state index contributed by atoms with van der Waals surface area (Å²) in [5.41, 5.74) is 0.379. The number of alkyl halides is 3. The number of nitrogens with one attached hydrogen (secondary N) is 1. The lowest BCUT2D eigenvalue weighted by atomic mass is 9.87. The number of hydrogen-bond donors (Lipinski definition) is 1. The molecule has 1 aliphatic heterocycles. The van der Waals surface area contributed by atoms with Crippen LogP contribution in [0.5, 0.6) is 0 Å². The normalized spacial score (nSPS) is 14.1. The van der Waals surface area contributed by atoms with Gasteiger partial charge in [-0.25, -0.2) is 0 Å². The van der Waals surface area contributed by atoms with E-state index in [2.05, 4.69) is 10.2 Å². The van der Waals surface area contributed by atoms with Crippen molar-refractivity contribution in [3.8, 4) is 11.1 Å². The highest BCUT2D eigenvalue weighted by Gasteiger charge is 2.36. The summed E-state index contributed by atoms with van der Waals surface area (Å²) in [6, 6.07) is 4.13. The van der Waals surface area contributed by atoms with Crippen LogP contribution in [0.15, 0.2) is 29.2 Å². The Balaban J connectivity index is 2.23. The van der Waals surface area contributed by atoms with Crippen LogP contribution < -0.4 is 10.9 Å². The Morgan fingerprint density at radius 3 is 2.48 bits per heavy atom. The summed E-state index contributed by atoms with van der Waals surface area (Å²) < 4.78 is 42.3. The fourth-order valence-corrected chi connectivity index (χ4v) is 3.54. The smallest absolute Gasteiger partial charge is 0.352 e. The van der Waals surface area contributed by atoms with Crippen molar-refractivity contribution in [3.05, 3.63) is 57.0 Å². The molecule has 8 heteroatoms. The van der Waals surface area contributed by atoms with Gasteiger partial charge in [0.15, 0.2) is 0 Å². The third kappa shape index (κ3) is 4.37. The maximum absolute atomic E-state index is 13.7. The number of hydrogen-bond acceptors (Lipinski definition) is 3. The van der Waals surface area contributed by atoms with Gasteiger partial charge >= 0.3 is 6.18 Å². The Morgan fingerprint density at radius 1 is 1.14 bits per heavy atom. The third-order valence-electron chi connectivity index (χ3n) is 5.36. The van der Waals surface area contributed by atoms with Gasteiger partial charge in [0, 0.05) is 43.5 Å². The second-order valence-electron chi connectivity index (χ2n) is 7.37. The molecule has 2 aromatic rings. The van der Waals surface area contributed by atoms with Crippen LogP contribution in [0.4, 0.5) is 13.2 Å². The van der Waals surface area contributed by atoms with Gasteiger partial charge in [-0.15, -0.1) is 0 Å². The van der Waals surface area contributed by atoms with Crippen molar-refractivity contribution in [2.24, 2.45) is 7.05 Å². The molecule has 1 N–H and O–H groups in total. The quantitative estimate of drug-likeness (QED) is 0.829. The van der Waals surface area contributed by atoms with Crippen molar-refractivity contribution < 1.29 is 18.0 Å². The zero-order valence-electron chi connectivity index (χ0n) is 16.7. The number of likely N-dealkylation sites (N-methyl/N-ethyl adjacent to an activating group) is 1. The predicted octanol–water partition coefficient (Wildman–Crippen LogP) is 2.85. The number of aryl methyl sites for hydroxylation is 1. The Hall–Kier alpha value is -2.61. The molecule has 0 saturated carbocycles. The molecule has 0 aliphatic carbocycles. The number of fused-ring (bicyclic) bond motifs is 1. The van der Waals surface area contributed by atoms with E-state index >= 15 is 0 Å². The van der Waals surface area contributed by atoms with Crippen LogP contribution in [0.25, 0.3) is 11.1 Å². The van der Waals surface area contributed by atoms with E-state index in [9.17, 15) is 22.8 Å². The van der Waals surface area contributed by atoms with E-state index in [0.29, 0.717) is 42.1 Å². The number of amides is 1. The van der Waals surface area contributed by atoms with Gasteiger partial charge in [0.2, 0.25) is 0 Å². The molecular weight excluding hydrogens is 383 g/mol. The molecule has 3 rings (SSSR count). The molecule has 1 amide bonds. The zero-order chi connectivity index (χ0) is 21.3. The number of carbonyl (C=O) groups is 1. The van der Waals surface area contributed by atoms with Crippen LogP contribution >= 0.6 is 0 Å². The number of benzene rings is 1. The van der Waals surface area contributed by atoms with Gasteiger partial charge in [-0.1, -0.05) is 13.0 Å². The first kappa shape index (κ1) is 21.1. The molecule has 2 heterocycles. The van der Waals surface area contributed by atoms with Crippen molar-refractivity contribution in [2.75, 3.05) is 26.7 Å². The van der Waals surface area contributed by atoms with Crippen molar-refractivity contribution in [2.45, 2.75) is 25.9 Å². The molecule has 1 aromatic heterocycles. The maximum Gasteiger partial charge on any atom is 0.417 e. The van der Waals surface area contributed by atoms with Crippen molar-refractivity contribution >= 4 is 5.91 Å². The number of carbonyl (C=O) groups excluding carboxylic acids is 1. The average Bonchev–Trinajstić information content (AvgIpc) is 2.67.